The molecule has 1 aromatic heterocycles. The predicted octanol–water partition coefficient (Wildman–Crippen LogP) is 1.50. The molecule has 1 fully saturated rings. The van der Waals surface area contributed by atoms with E-state index in [0.29, 0.717) is 24.1 Å². The third-order valence-electron chi connectivity index (χ3n) is 5.17. The highest BCUT2D eigenvalue weighted by Crippen LogP contribution is 2.21. The number of piperidine rings is 1. The fourth-order valence-corrected chi connectivity index (χ4v) is 3.52. The van der Waals surface area contributed by atoms with Gasteiger partial charge in [0.1, 0.15) is 5.58 Å². The van der Waals surface area contributed by atoms with Crippen molar-refractivity contribution in [2.75, 3.05) is 13.1 Å². The molecule has 2 atom stereocenters. The second kappa shape index (κ2) is 7.92. The van der Waals surface area contributed by atoms with E-state index in [1.54, 1.807) is 36.1 Å². The van der Waals surface area contributed by atoms with E-state index in [0.717, 1.165) is 12.8 Å². The highest BCUT2D eigenvalue weighted by Gasteiger charge is 2.28. The molecule has 144 valence electrons. The number of rotatable bonds is 4. The summed E-state index contributed by atoms with van der Waals surface area (Å²) in [6, 6.07) is 7.49. The van der Waals surface area contributed by atoms with Crippen LogP contribution in [0.3, 0.4) is 0 Å². The summed E-state index contributed by atoms with van der Waals surface area (Å²) in [5.41, 5.74) is 5.81. The number of benzene rings is 1. The van der Waals surface area contributed by atoms with Crippen LogP contribution in [0.1, 0.15) is 37.2 Å². The smallest absolute Gasteiger partial charge is 0.287 e. The monoisotopic (exact) mass is 371 g/mol. The summed E-state index contributed by atoms with van der Waals surface area (Å²) in [7, 11) is 0. The van der Waals surface area contributed by atoms with Crippen LogP contribution in [0.25, 0.3) is 11.0 Å². The number of likely N-dealkylation sites (tertiary alicyclic amines) is 1. The van der Waals surface area contributed by atoms with Crippen molar-refractivity contribution in [2.24, 2.45) is 11.7 Å². The van der Waals surface area contributed by atoms with Crippen LogP contribution in [0.2, 0.25) is 0 Å². The summed E-state index contributed by atoms with van der Waals surface area (Å²) in [6.45, 7) is 4.89. The Kier molecular flexibility index (Phi) is 5.60. The lowest BCUT2D eigenvalue weighted by Gasteiger charge is -2.35. The van der Waals surface area contributed by atoms with Gasteiger partial charge in [-0.15, -0.1) is 0 Å². The van der Waals surface area contributed by atoms with E-state index in [2.05, 4.69) is 5.32 Å². The van der Waals surface area contributed by atoms with Crippen LogP contribution in [0, 0.1) is 5.92 Å². The number of nitrogens with one attached hydrogen (secondary N) is 1. The molecule has 1 unspecified atom stereocenters. The molecule has 7 heteroatoms. The van der Waals surface area contributed by atoms with Crippen LogP contribution in [0.5, 0.6) is 0 Å². The average Bonchev–Trinajstić information content (AvgIpc) is 2.67. The summed E-state index contributed by atoms with van der Waals surface area (Å²) >= 11 is 0. The highest BCUT2D eigenvalue weighted by atomic mass is 16.3. The van der Waals surface area contributed by atoms with Crippen molar-refractivity contribution in [1.29, 1.82) is 0 Å². The molecule has 1 aromatic carbocycles. The molecule has 1 aliphatic heterocycles. The van der Waals surface area contributed by atoms with E-state index in [-0.39, 0.29) is 29.1 Å². The number of fused-ring (bicyclic) bond motifs is 1. The number of nitrogens with zero attached hydrogens (tertiary/aromatic N) is 1. The van der Waals surface area contributed by atoms with Gasteiger partial charge in [-0.2, -0.15) is 0 Å². The van der Waals surface area contributed by atoms with Crippen molar-refractivity contribution in [3.8, 4) is 0 Å². The van der Waals surface area contributed by atoms with Gasteiger partial charge in [0.05, 0.1) is 11.4 Å². The van der Waals surface area contributed by atoms with Gasteiger partial charge in [0, 0.05) is 25.2 Å². The number of carbonyl (C=O) groups is 2. The summed E-state index contributed by atoms with van der Waals surface area (Å²) in [6.07, 6.45) is 1.59. The van der Waals surface area contributed by atoms with Crippen LogP contribution < -0.4 is 16.5 Å². The standard InChI is InChI=1S/C20H25N3O4/c1-12(21)20(26)23-9-7-14(8-10-23)13(2)22-19(25)18-11-16(24)15-5-3-4-6-17(15)27-18/h3-6,11-14H,7-10,21H2,1-2H3,(H,22,25)/t12-,13?/m0/s1. The van der Waals surface area contributed by atoms with Crippen molar-refractivity contribution >= 4 is 22.8 Å². The number of nitrogens with two attached hydrogens (primary N) is 1. The normalized spacial score (nSPS) is 17.5. The van der Waals surface area contributed by atoms with Crippen LogP contribution in [-0.4, -0.2) is 41.9 Å². The van der Waals surface area contributed by atoms with Crippen LogP contribution >= 0.6 is 0 Å². The molecule has 0 aliphatic carbocycles. The second-order valence-corrected chi connectivity index (χ2v) is 7.18. The van der Waals surface area contributed by atoms with Gasteiger partial charge < -0.3 is 20.4 Å². The zero-order valence-electron chi connectivity index (χ0n) is 15.6. The Morgan fingerprint density at radius 1 is 1.22 bits per heavy atom. The number of amides is 2. The summed E-state index contributed by atoms with van der Waals surface area (Å²) in [5, 5.41) is 3.38. The third-order valence-corrected chi connectivity index (χ3v) is 5.17. The number of para-hydroxylation sites is 1. The maximum atomic E-state index is 12.5. The molecule has 2 amide bonds. The molecule has 2 heterocycles. The van der Waals surface area contributed by atoms with Gasteiger partial charge in [-0.3, -0.25) is 14.4 Å². The van der Waals surface area contributed by atoms with Crippen molar-refractivity contribution in [2.45, 2.75) is 38.8 Å². The molecule has 0 spiro atoms. The Morgan fingerprint density at radius 2 is 1.89 bits per heavy atom. The zero-order valence-corrected chi connectivity index (χ0v) is 15.6. The zero-order chi connectivity index (χ0) is 19.6. The number of hydrogen-bond donors (Lipinski definition) is 2. The van der Waals surface area contributed by atoms with Gasteiger partial charge in [-0.1, -0.05) is 12.1 Å². The molecular weight excluding hydrogens is 346 g/mol. The van der Waals surface area contributed by atoms with Gasteiger partial charge in [0.15, 0.2) is 11.2 Å². The molecule has 0 bridgehead atoms. The summed E-state index contributed by atoms with van der Waals surface area (Å²) < 4.78 is 5.59. The third kappa shape index (κ3) is 4.19. The van der Waals surface area contributed by atoms with Crippen LogP contribution in [0.15, 0.2) is 39.5 Å². The second-order valence-electron chi connectivity index (χ2n) is 7.18. The number of hydrogen-bond acceptors (Lipinski definition) is 5. The van der Waals surface area contributed by atoms with Crippen molar-refractivity contribution in [3.63, 3.8) is 0 Å². The molecule has 7 nitrogen and oxygen atoms in total. The van der Waals surface area contributed by atoms with E-state index in [4.69, 9.17) is 10.2 Å². The van der Waals surface area contributed by atoms with E-state index >= 15 is 0 Å². The van der Waals surface area contributed by atoms with Crippen molar-refractivity contribution in [3.05, 3.63) is 46.3 Å². The molecule has 3 rings (SSSR count). The molecular formula is C20H25N3O4. The highest BCUT2D eigenvalue weighted by molar-refractivity contribution is 5.93. The minimum Gasteiger partial charge on any atom is -0.451 e. The lowest BCUT2D eigenvalue weighted by atomic mass is 9.90. The Labute approximate surface area is 157 Å². The van der Waals surface area contributed by atoms with Gasteiger partial charge in [-0.05, 0) is 44.7 Å². The summed E-state index contributed by atoms with van der Waals surface area (Å²) in [4.78, 5) is 38.4. The predicted molar refractivity (Wildman–Crippen MR) is 102 cm³/mol. The fraction of sp³-hybridized carbons (Fsp3) is 0.450. The van der Waals surface area contributed by atoms with Crippen molar-refractivity contribution < 1.29 is 14.0 Å². The summed E-state index contributed by atoms with van der Waals surface area (Å²) in [5.74, 6) is -0.184. The first-order valence-corrected chi connectivity index (χ1v) is 9.25. The lowest BCUT2D eigenvalue weighted by molar-refractivity contribution is -0.133. The average molecular weight is 371 g/mol. The molecule has 0 radical (unpaired) electrons. The molecule has 27 heavy (non-hydrogen) atoms. The van der Waals surface area contributed by atoms with Gasteiger partial charge in [0.25, 0.3) is 5.91 Å². The first kappa shape index (κ1) is 19.1. The Bertz CT molecular complexity index is 897. The molecule has 2 aromatic rings. The molecule has 1 aliphatic rings. The van der Waals surface area contributed by atoms with Gasteiger partial charge >= 0.3 is 0 Å². The fourth-order valence-electron chi connectivity index (χ4n) is 3.52. The molecule has 0 saturated carbocycles. The van der Waals surface area contributed by atoms with E-state index < -0.39 is 11.9 Å². The minimum absolute atomic E-state index is 0.00937. The maximum absolute atomic E-state index is 12.5. The van der Waals surface area contributed by atoms with Gasteiger partial charge in [-0.25, -0.2) is 0 Å². The van der Waals surface area contributed by atoms with Crippen LogP contribution in [-0.2, 0) is 4.79 Å². The lowest BCUT2D eigenvalue weighted by Crippen LogP contribution is -2.49. The molecule has 3 N–H and O–H groups in total. The minimum atomic E-state index is -0.491. The first-order chi connectivity index (χ1) is 12.9. The Balaban J connectivity index is 1.63. The topological polar surface area (TPSA) is 106 Å². The Hall–Kier alpha value is -2.67. The first-order valence-electron chi connectivity index (χ1n) is 9.25. The Morgan fingerprint density at radius 3 is 2.56 bits per heavy atom. The maximum Gasteiger partial charge on any atom is 0.287 e. The quantitative estimate of drug-likeness (QED) is 0.847. The molecule has 1 saturated heterocycles. The number of carbonyl (C=O) groups excluding carboxylic acids is 2. The SMILES string of the molecule is CC(NC(=O)c1cc(=O)c2ccccc2o1)C1CCN(C(=O)[C@H](C)N)CC1. The van der Waals surface area contributed by atoms with E-state index in [1.165, 1.54) is 6.07 Å². The van der Waals surface area contributed by atoms with Crippen molar-refractivity contribution in [1.82, 2.24) is 10.2 Å². The van der Waals surface area contributed by atoms with Crippen LogP contribution in [0.4, 0.5) is 0 Å². The largest absolute Gasteiger partial charge is 0.451 e. The van der Waals surface area contributed by atoms with E-state index in [9.17, 15) is 14.4 Å². The van der Waals surface area contributed by atoms with Gasteiger partial charge in [0.2, 0.25) is 5.91 Å². The van der Waals surface area contributed by atoms with E-state index in [1.807, 2.05) is 6.92 Å².